The number of pyridine rings is 1. The number of aliphatic hydroxyl groups excluding tert-OH is 1. The molecule has 0 fully saturated rings. The van der Waals surface area contributed by atoms with Gasteiger partial charge < -0.3 is 9.84 Å². The van der Waals surface area contributed by atoms with Crippen LogP contribution in [0.1, 0.15) is 29.3 Å². The maximum atomic E-state index is 10.1. The number of rotatable bonds is 5. The van der Waals surface area contributed by atoms with Crippen LogP contribution in [-0.2, 0) is 6.42 Å². The molecule has 1 heterocycles. The first kappa shape index (κ1) is 13.6. The Bertz CT molecular complexity index is 505. The third kappa shape index (κ3) is 3.80. The Kier molecular flexibility index (Phi) is 4.53. The maximum absolute atomic E-state index is 10.1. The molecule has 3 nitrogen and oxygen atoms in total. The molecule has 3 heteroatoms. The van der Waals surface area contributed by atoms with Crippen LogP contribution in [0, 0.1) is 6.92 Å². The smallest absolute Gasteiger partial charge is 0.118 e. The zero-order valence-electron chi connectivity index (χ0n) is 11.3. The van der Waals surface area contributed by atoms with Crippen molar-refractivity contribution in [1.29, 1.82) is 0 Å². The normalized spacial score (nSPS) is 12.2. The molecular formula is C16H19NO2. The van der Waals surface area contributed by atoms with E-state index in [-0.39, 0.29) is 0 Å². The van der Waals surface area contributed by atoms with Gasteiger partial charge in [-0.3, -0.25) is 4.98 Å². The quantitative estimate of drug-likeness (QED) is 0.895. The van der Waals surface area contributed by atoms with E-state index in [1.165, 1.54) is 5.56 Å². The lowest BCUT2D eigenvalue weighted by molar-refractivity contribution is 0.167. The highest BCUT2D eigenvalue weighted by molar-refractivity contribution is 5.27. The fraction of sp³-hybridized carbons (Fsp3) is 0.312. The lowest BCUT2D eigenvalue weighted by Crippen LogP contribution is -2.00. The van der Waals surface area contributed by atoms with Crippen molar-refractivity contribution in [2.75, 3.05) is 7.11 Å². The van der Waals surface area contributed by atoms with E-state index in [0.29, 0.717) is 6.42 Å². The molecule has 1 unspecified atom stereocenters. The second-order valence-electron chi connectivity index (χ2n) is 4.64. The van der Waals surface area contributed by atoms with Gasteiger partial charge in [-0.1, -0.05) is 18.2 Å². The number of methoxy groups -OCH3 is 1. The van der Waals surface area contributed by atoms with Crippen molar-refractivity contribution in [3.05, 3.63) is 59.4 Å². The van der Waals surface area contributed by atoms with Gasteiger partial charge in [0.05, 0.1) is 13.2 Å². The molecular weight excluding hydrogens is 238 g/mol. The third-order valence-electron chi connectivity index (χ3n) is 3.18. The second kappa shape index (κ2) is 6.34. The summed E-state index contributed by atoms with van der Waals surface area (Å²) in [4.78, 5) is 4.20. The number of hydrogen-bond acceptors (Lipinski definition) is 3. The van der Waals surface area contributed by atoms with E-state index in [1.54, 1.807) is 13.3 Å². The standard InChI is InChI=1S/C16H19NO2/c1-12-3-7-14(11-17-12)16(18)10-6-13-4-8-15(19-2)9-5-13/h3-5,7-9,11,16,18H,6,10H2,1-2H3. The minimum absolute atomic E-state index is 0.463. The Balaban J connectivity index is 1.92. The highest BCUT2D eigenvalue weighted by atomic mass is 16.5. The summed E-state index contributed by atoms with van der Waals surface area (Å²) in [5.41, 5.74) is 3.03. The summed E-state index contributed by atoms with van der Waals surface area (Å²) in [6.07, 6.45) is 2.81. The zero-order chi connectivity index (χ0) is 13.7. The van der Waals surface area contributed by atoms with E-state index < -0.39 is 6.10 Å². The van der Waals surface area contributed by atoms with Crippen molar-refractivity contribution in [1.82, 2.24) is 4.98 Å². The summed E-state index contributed by atoms with van der Waals surface area (Å²) in [5.74, 6) is 0.854. The van der Waals surface area contributed by atoms with Gasteiger partial charge >= 0.3 is 0 Å². The Hall–Kier alpha value is -1.87. The number of aromatic nitrogens is 1. The molecule has 1 aromatic carbocycles. The number of hydrogen-bond donors (Lipinski definition) is 1. The van der Waals surface area contributed by atoms with Crippen molar-refractivity contribution in [2.24, 2.45) is 0 Å². The molecule has 1 N–H and O–H groups in total. The molecule has 1 atom stereocenters. The Morgan fingerprint density at radius 1 is 1.16 bits per heavy atom. The minimum Gasteiger partial charge on any atom is -0.497 e. The largest absolute Gasteiger partial charge is 0.497 e. The Morgan fingerprint density at radius 3 is 2.47 bits per heavy atom. The summed E-state index contributed by atoms with van der Waals surface area (Å²) in [5, 5.41) is 10.1. The van der Waals surface area contributed by atoms with Gasteiger partial charge in [-0.2, -0.15) is 0 Å². The summed E-state index contributed by atoms with van der Waals surface area (Å²) >= 11 is 0. The zero-order valence-corrected chi connectivity index (χ0v) is 11.3. The molecule has 0 saturated heterocycles. The first-order valence-electron chi connectivity index (χ1n) is 6.42. The lowest BCUT2D eigenvalue weighted by atomic mass is 10.0. The van der Waals surface area contributed by atoms with Crippen molar-refractivity contribution in [2.45, 2.75) is 25.9 Å². The van der Waals surface area contributed by atoms with Crippen molar-refractivity contribution < 1.29 is 9.84 Å². The van der Waals surface area contributed by atoms with Crippen molar-refractivity contribution in [3.63, 3.8) is 0 Å². The topological polar surface area (TPSA) is 42.4 Å². The predicted octanol–water partition coefficient (Wildman–Crippen LogP) is 3.06. The molecule has 0 spiro atoms. The molecule has 19 heavy (non-hydrogen) atoms. The minimum atomic E-state index is -0.463. The molecule has 0 amide bonds. The van der Waals surface area contributed by atoms with Gasteiger partial charge in [-0.15, -0.1) is 0 Å². The van der Waals surface area contributed by atoms with Gasteiger partial charge in [0.25, 0.3) is 0 Å². The van der Waals surface area contributed by atoms with Gasteiger partial charge in [0.2, 0.25) is 0 Å². The lowest BCUT2D eigenvalue weighted by Gasteiger charge is -2.11. The molecule has 0 radical (unpaired) electrons. The summed E-state index contributed by atoms with van der Waals surface area (Å²) in [6, 6.07) is 11.8. The molecule has 100 valence electrons. The summed E-state index contributed by atoms with van der Waals surface area (Å²) < 4.78 is 5.12. The van der Waals surface area contributed by atoms with E-state index >= 15 is 0 Å². The van der Waals surface area contributed by atoms with Crippen LogP contribution in [0.15, 0.2) is 42.6 Å². The number of benzene rings is 1. The number of aryl methyl sites for hydroxylation is 2. The van der Waals surface area contributed by atoms with Gasteiger partial charge in [0.15, 0.2) is 0 Å². The van der Waals surface area contributed by atoms with E-state index in [0.717, 1.165) is 23.4 Å². The van der Waals surface area contributed by atoms with Gasteiger partial charge in [0.1, 0.15) is 5.75 Å². The highest BCUT2D eigenvalue weighted by Gasteiger charge is 2.08. The second-order valence-corrected chi connectivity index (χ2v) is 4.64. The van der Waals surface area contributed by atoms with E-state index in [9.17, 15) is 5.11 Å². The molecule has 0 saturated carbocycles. The predicted molar refractivity (Wildman–Crippen MR) is 75.2 cm³/mol. The van der Waals surface area contributed by atoms with Gasteiger partial charge in [0, 0.05) is 11.9 Å². The van der Waals surface area contributed by atoms with Crippen LogP contribution in [0.4, 0.5) is 0 Å². The Labute approximate surface area is 113 Å². The molecule has 1 aromatic heterocycles. The molecule has 2 aromatic rings. The molecule has 2 rings (SSSR count). The van der Waals surface area contributed by atoms with Crippen LogP contribution in [0.2, 0.25) is 0 Å². The molecule has 0 aliphatic rings. The van der Waals surface area contributed by atoms with Crippen LogP contribution < -0.4 is 4.74 Å². The van der Waals surface area contributed by atoms with E-state index in [1.807, 2.05) is 43.3 Å². The van der Waals surface area contributed by atoms with Crippen LogP contribution in [0.25, 0.3) is 0 Å². The third-order valence-corrected chi connectivity index (χ3v) is 3.18. The first-order valence-corrected chi connectivity index (χ1v) is 6.42. The molecule has 0 bridgehead atoms. The van der Waals surface area contributed by atoms with Crippen molar-refractivity contribution in [3.8, 4) is 5.75 Å². The first-order chi connectivity index (χ1) is 9.19. The Morgan fingerprint density at radius 2 is 1.89 bits per heavy atom. The fourth-order valence-electron chi connectivity index (χ4n) is 1.94. The molecule has 0 aliphatic carbocycles. The SMILES string of the molecule is COc1ccc(CCC(O)c2ccc(C)nc2)cc1. The van der Waals surface area contributed by atoms with E-state index in [2.05, 4.69) is 4.98 Å². The van der Waals surface area contributed by atoms with E-state index in [4.69, 9.17) is 4.74 Å². The number of aliphatic hydroxyl groups is 1. The summed E-state index contributed by atoms with van der Waals surface area (Å²) in [6.45, 7) is 1.94. The van der Waals surface area contributed by atoms with Gasteiger partial charge in [-0.05, 0) is 49.1 Å². The summed E-state index contributed by atoms with van der Waals surface area (Å²) in [7, 11) is 1.66. The van der Waals surface area contributed by atoms with Gasteiger partial charge in [-0.25, -0.2) is 0 Å². The van der Waals surface area contributed by atoms with Crippen LogP contribution in [-0.4, -0.2) is 17.2 Å². The highest BCUT2D eigenvalue weighted by Crippen LogP contribution is 2.19. The number of ether oxygens (including phenoxy) is 1. The maximum Gasteiger partial charge on any atom is 0.118 e. The molecule has 0 aliphatic heterocycles. The van der Waals surface area contributed by atoms with Crippen LogP contribution >= 0.6 is 0 Å². The number of nitrogens with zero attached hydrogens (tertiary/aromatic N) is 1. The monoisotopic (exact) mass is 257 g/mol. The average Bonchev–Trinajstić information content (AvgIpc) is 2.46. The van der Waals surface area contributed by atoms with Crippen LogP contribution in [0.3, 0.4) is 0 Å². The fourth-order valence-corrected chi connectivity index (χ4v) is 1.94. The average molecular weight is 257 g/mol. The van der Waals surface area contributed by atoms with Crippen molar-refractivity contribution >= 4 is 0 Å². The van der Waals surface area contributed by atoms with Crippen LogP contribution in [0.5, 0.6) is 5.75 Å².